The van der Waals surface area contributed by atoms with Crippen molar-refractivity contribution >= 4 is 32.4 Å². The number of hydrogen-bond donors (Lipinski definition) is 1. The van der Waals surface area contributed by atoms with Crippen LogP contribution >= 0.6 is 27.3 Å². The fraction of sp³-hybridized carbons (Fsp3) is 0.625. The van der Waals surface area contributed by atoms with Gasteiger partial charge in [-0.25, -0.2) is 4.98 Å². The molecule has 13 heavy (non-hydrogen) atoms. The minimum atomic E-state index is 0.924. The van der Waals surface area contributed by atoms with Gasteiger partial charge in [-0.3, -0.25) is 0 Å². The summed E-state index contributed by atoms with van der Waals surface area (Å²) in [6.07, 6.45) is 1.14. The lowest BCUT2D eigenvalue weighted by atomic mass is 10.4. The van der Waals surface area contributed by atoms with Gasteiger partial charge in [0.2, 0.25) is 0 Å². The van der Waals surface area contributed by atoms with Crippen molar-refractivity contribution < 1.29 is 0 Å². The zero-order chi connectivity index (χ0) is 9.68. The Kier molecular flexibility index (Phi) is 4.69. The Morgan fingerprint density at radius 1 is 1.69 bits per heavy atom. The van der Waals surface area contributed by atoms with E-state index in [0.717, 1.165) is 29.2 Å². The van der Waals surface area contributed by atoms with Gasteiger partial charge >= 0.3 is 0 Å². The van der Waals surface area contributed by atoms with Crippen LogP contribution in [-0.2, 0) is 0 Å². The molecular weight excluding hydrogens is 250 g/mol. The summed E-state index contributed by atoms with van der Waals surface area (Å²) in [6, 6.07) is 0. The third kappa shape index (κ3) is 3.62. The number of thiazole rings is 1. The molecule has 1 aromatic rings. The molecule has 74 valence electrons. The number of aromatic nitrogens is 1. The molecular formula is C8H14BrN3S. The van der Waals surface area contributed by atoms with Crippen molar-refractivity contribution in [2.75, 3.05) is 32.1 Å². The van der Waals surface area contributed by atoms with Crippen LogP contribution in [0.15, 0.2) is 9.98 Å². The minimum absolute atomic E-state index is 0.924. The van der Waals surface area contributed by atoms with E-state index in [1.165, 1.54) is 0 Å². The summed E-state index contributed by atoms with van der Waals surface area (Å²) in [5.74, 6) is 0. The van der Waals surface area contributed by atoms with Gasteiger partial charge in [-0.15, -0.1) is 11.3 Å². The third-order valence-electron chi connectivity index (χ3n) is 1.71. The van der Waals surface area contributed by atoms with E-state index in [1.54, 1.807) is 11.3 Å². The van der Waals surface area contributed by atoms with E-state index < -0.39 is 0 Å². The molecule has 0 atom stereocenters. The van der Waals surface area contributed by atoms with Crippen LogP contribution < -0.4 is 10.2 Å². The maximum Gasteiger partial charge on any atom is 0.186 e. The predicted octanol–water partition coefficient (Wildman–Crippen LogP) is 1.95. The molecule has 0 saturated heterocycles. The smallest absolute Gasteiger partial charge is 0.186 e. The molecule has 1 rings (SSSR count). The Hall–Kier alpha value is -0.130. The molecule has 0 aliphatic rings. The summed E-state index contributed by atoms with van der Waals surface area (Å²) in [7, 11) is 4.04. The molecule has 0 aliphatic heterocycles. The molecule has 0 fully saturated rings. The molecule has 1 aromatic heterocycles. The van der Waals surface area contributed by atoms with Crippen LogP contribution in [0.1, 0.15) is 6.42 Å². The van der Waals surface area contributed by atoms with Gasteiger partial charge in [0, 0.05) is 19.0 Å². The first-order valence-electron chi connectivity index (χ1n) is 4.21. The van der Waals surface area contributed by atoms with Crippen molar-refractivity contribution in [3.8, 4) is 0 Å². The largest absolute Gasteiger partial charge is 0.351 e. The van der Waals surface area contributed by atoms with E-state index >= 15 is 0 Å². The van der Waals surface area contributed by atoms with E-state index in [2.05, 4.69) is 38.2 Å². The van der Waals surface area contributed by atoms with Gasteiger partial charge in [-0.1, -0.05) is 0 Å². The lowest BCUT2D eigenvalue weighted by Gasteiger charge is -2.14. The quantitative estimate of drug-likeness (QED) is 0.824. The second-order valence-electron chi connectivity index (χ2n) is 2.83. The number of nitrogens with one attached hydrogen (secondary N) is 1. The minimum Gasteiger partial charge on any atom is -0.351 e. The molecule has 0 bridgehead atoms. The molecule has 5 heteroatoms. The lowest BCUT2D eigenvalue weighted by molar-refractivity contribution is 0.712. The van der Waals surface area contributed by atoms with E-state index in [9.17, 15) is 0 Å². The molecule has 3 nitrogen and oxygen atoms in total. The van der Waals surface area contributed by atoms with Gasteiger partial charge in [0.25, 0.3) is 0 Å². The van der Waals surface area contributed by atoms with Crippen LogP contribution in [0.2, 0.25) is 0 Å². The van der Waals surface area contributed by atoms with Crippen molar-refractivity contribution in [2.24, 2.45) is 0 Å². The average Bonchev–Trinajstić information content (AvgIpc) is 2.52. The SMILES string of the molecule is CNCCCN(C)c1nc(Br)cs1. The van der Waals surface area contributed by atoms with Crippen LogP contribution in [-0.4, -0.2) is 32.2 Å². The van der Waals surface area contributed by atoms with Crippen molar-refractivity contribution in [3.63, 3.8) is 0 Å². The molecule has 0 unspecified atom stereocenters. The van der Waals surface area contributed by atoms with Gasteiger partial charge in [-0.05, 0) is 35.9 Å². The predicted molar refractivity (Wildman–Crippen MR) is 61.6 cm³/mol. The summed E-state index contributed by atoms with van der Waals surface area (Å²) in [6.45, 7) is 2.09. The number of anilines is 1. The number of rotatable bonds is 5. The molecule has 1 heterocycles. The first-order valence-corrected chi connectivity index (χ1v) is 5.88. The van der Waals surface area contributed by atoms with E-state index in [0.29, 0.717) is 0 Å². The Morgan fingerprint density at radius 2 is 2.46 bits per heavy atom. The topological polar surface area (TPSA) is 28.2 Å². The van der Waals surface area contributed by atoms with Crippen LogP contribution in [0.4, 0.5) is 5.13 Å². The fourth-order valence-corrected chi connectivity index (χ4v) is 2.25. The third-order valence-corrected chi connectivity index (χ3v) is 3.38. The van der Waals surface area contributed by atoms with Crippen LogP contribution in [0.5, 0.6) is 0 Å². The van der Waals surface area contributed by atoms with E-state index in [-0.39, 0.29) is 0 Å². The van der Waals surface area contributed by atoms with Crippen molar-refractivity contribution in [1.82, 2.24) is 10.3 Å². The maximum absolute atomic E-state index is 4.33. The normalized spacial score (nSPS) is 10.4. The lowest BCUT2D eigenvalue weighted by Crippen LogP contribution is -2.21. The van der Waals surface area contributed by atoms with Crippen molar-refractivity contribution in [1.29, 1.82) is 0 Å². The number of nitrogens with zero attached hydrogens (tertiary/aromatic N) is 2. The highest BCUT2D eigenvalue weighted by Gasteiger charge is 2.04. The zero-order valence-electron chi connectivity index (χ0n) is 7.88. The standard InChI is InChI=1S/C8H14BrN3S/c1-10-4-3-5-12(2)8-11-7(9)6-13-8/h6,10H,3-5H2,1-2H3. The zero-order valence-corrected chi connectivity index (χ0v) is 10.3. The highest BCUT2D eigenvalue weighted by atomic mass is 79.9. The summed E-state index contributed by atoms with van der Waals surface area (Å²) in [5.41, 5.74) is 0. The summed E-state index contributed by atoms with van der Waals surface area (Å²) < 4.78 is 0.924. The second kappa shape index (κ2) is 5.57. The molecule has 1 N–H and O–H groups in total. The Morgan fingerprint density at radius 3 is 3.00 bits per heavy atom. The fourth-order valence-electron chi connectivity index (χ4n) is 1.01. The Labute approximate surface area is 91.3 Å². The van der Waals surface area contributed by atoms with E-state index in [4.69, 9.17) is 0 Å². The summed E-state index contributed by atoms with van der Waals surface area (Å²) >= 11 is 5.01. The Balaban J connectivity index is 2.35. The van der Waals surface area contributed by atoms with Gasteiger partial charge in [0.05, 0.1) is 0 Å². The summed E-state index contributed by atoms with van der Waals surface area (Å²) in [5, 5.41) is 6.20. The summed E-state index contributed by atoms with van der Waals surface area (Å²) in [4.78, 5) is 6.50. The van der Waals surface area contributed by atoms with Gasteiger partial charge in [0.1, 0.15) is 4.60 Å². The monoisotopic (exact) mass is 263 g/mol. The molecule has 0 amide bonds. The van der Waals surface area contributed by atoms with Gasteiger partial charge in [0.15, 0.2) is 5.13 Å². The van der Waals surface area contributed by atoms with Crippen molar-refractivity contribution in [3.05, 3.63) is 9.98 Å². The Bertz CT molecular complexity index is 251. The van der Waals surface area contributed by atoms with E-state index in [1.807, 2.05) is 12.4 Å². The van der Waals surface area contributed by atoms with Crippen LogP contribution in [0.3, 0.4) is 0 Å². The molecule has 0 aliphatic carbocycles. The first-order chi connectivity index (χ1) is 6.24. The molecule has 0 spiro atoms. The second-order valence-corrected chi connectivity index (χ2v) is 4.48. The first kappa shape index (κ1) is 10.9. The van der Waals surface area contributed by atoms with Crippen molar-refractivity contribution in [2.45, 2.75) is 6.42 Å². The molecule has 0 aromatic carbocycles. The average molecular weight is 264 g/mol. The van der Waals surface area contributed by atoms with Gasteiger partial charge < -0.3 is 10.2 Å². The highest BCUT2D eigenvalue weighted by Crippen LogP contribution is 2.22. The highest BCUT2D eigenvalue weighted by molar-refractivity contribution is 9.10. The van der Waals surface area contributed by atoms with Crippen LogP contribution in [0.25, 0.3) is 0 Å². The number of hydrogen-bond acceptors (Lipinski definition) is 4. The molecule has 0 radical (unpaired) electrons. The van der Waals surface area contributed by atoms with Gasteiger partial charge in [-0.2, -0.15) is 0 Å². The number of halogens is 1. The molecule has 0 saturated carbocycles. The maximum atomic E-state index is 4.33. The van der Waals surface area contributed by atoms with Crippen LogP contribution in [0, 0.1) is 0 Å².